The highest BCUT2D eigenvalue weighted by molar-refractivity contribution is 7.09. The molecule has 0 aliphatic carbocycles. The molecule has 2 aromatic rings. The molecule has 1 N–H and O–H groups in total. The Morgan fingerprint density at radius 1 is 1.37 bits per heavy atom. The standard InChI is InChI=1S/C15H15NO2S/c17-15(18)12-4-3-11-5-7-16(14(11)10-12)8-6-13-2-1-9-19-13/h1-4,9-10H,5-8H2,(H,17,18). The molecule has 3 nitrogen and oxygen atoms in total. The lowest BCUT2D eigenvalue weighted by atomic mass is 10.1. The van der Waals surface area contributed by atoms with E-state index in [2.05, 4.69) is 22.4 Å². The fraction of sp³-hybridized carbons (Fsp3) is 0.267. The van der Waals surface area contributed by atoms with Gasteiger partial charge >= 0.3 is 5.97 Å². The molecule has 0 fully saturated rings. The molecule has 98 valence electrons. The van der Waals surface area contributed by atoms with Crippen molar-refractivity contribution in [2.24, 2.45) is 0 Å². The summed E-state index contributed by atoms with van der Waals surface area (Å²) >= 11 is 1.77. The molecule has 3 rings (SSSR count). The second-order valence-corrected chi connectivity index (χ2v) is 5.75. The molecule has 0 unspecified atom stereocenters. The number of carboxylic acid groups (broad SMARTS) is 1. The van der Waals surface area contributed by atoms with E-state index in [0.717, 1.165) is 31.6 Å². The van der Waals surface area contributed by atoms with Gasteiger partial charge in [0.15, 0.2) is 0 Å². The van der Waals surface area contributed by atoms with Gasteiger partial charge in [-0.05, 0) is 42.0 Å². The Labute approximate surface area is 116 Å². The van der Waals surface area contributed by atoms with E-state index in [1.807, 2.05) is 6.07 Å². The lowest BCUT2D eigenvalue weighted by Crippen LogP contribution is -2.23. The van der Waals surface area contributed by atoms with Gasteiger partial charge in [0.25, 0.3) is 0 Å². The summed E-state index contributed by atoms with van der Waals surface area (Å²) in [6.07, 6.45) is 2.04. The molecular weight excluding hydrogens is 258 g/mol. The van der Waals surface area contributed by atoms with E-state index >= 15 is 0 Å². The van der Waals surface area contributed by atoms with Crippen molar-refractivity contribution < 1.29 is 9.90 Å². The lowest BCUT2D eigenvalue weighted by molar-refractivity contribution is 0.0697. The van der Waals surface area contributed by atoms with E-state index in [4.69, 9.17) is 5.11 Å². The third-order valence-electron chi connectivity index (χ3n) is 3.53. The van der Waals surface area contributed by atoms with E-state index < -0.39 is 5.97 Å². The molecule has 4 heteroatoms. The van der Waals surface area contributed by atoms with Crippen LogP contribution in [-0.4, -0.2) is 24.2 Å². The molecule has 19 heavy (non-hydrogen) atoms. The number of anilines is 1. The molecular formula is C15H15NO2S. The van der Waals surface area contributed by atoms with Gasteiger partial charge < -0.3 is 10.0 Å². The highest BCUT2D eigenvalue weighted by atomic mass is 32.1. The molecule has 0 amide bonds. The van der Waals surface area contributed by atoms with Crippen LogP contribution in [-0.2, 0) is 12.8 Å². The Kier molecular flexibility index (Phi) is 3.25. The van der Waals surface area contributed by atoms with E-state index in [-0.39, 0.29) is 0 Å². The summed E-state index contributed by atoms with van der Waals surface area (Å²) < 4.78 is 0. The highest BCUT2D eigenvalue weighted by Crippen LogP contribution is 2.29. The maximum Gasteiger partial charge on any atom is 0.335 e. The third-order valence-corrected chi connectivity index (χ3v) is 4.47. The lowest BCUT2D eigenvalue weighted by Gasteiger charge is -2.19. The van der Waals surface area contributed by atoms with Crippen LogP contribution in [0.2, 0.25) is 0 Å². The SMILES string of the molecule is O=C(O)c1ccc2c(c1)N(CCc1cccs1)CC2. The van der Waals surface area contributed by atoms with Crippen molar-refractivity contribution in [2.45, 2.75) is 12.8 Å². The molecule has 1 aliphatic heterocycles. The number of hydrogen-bond donors (Lipinski definition) is 1. The predicted octanol–water partition coefficient (Wildman–Crippen LogP) is 3.05. The van der Waals surface area contributed by atoms with E-state index in [1.54, 1.807) is 23.5 Å². The van der Waals surface area contributed by atoms with Gasteiger partial charge in [-0.25, -0.2) is 4.79 Å². The number of rotatable bonds is 4. The van der Waals surface area contributed by atoms with Crippen LogP contribution in [0.4, 0.5) is 5.69 Å². The zero-order chi connectivity index (χ0) is 13.2. The minimum Gasteiger partial charge on any atom is -0.478 e. The summed E-state index contributed by atoms with van der Waals surface area (Å²) in [5, 5.41) is 11.2. The molecule has 0 radical (unpaired) electrons. The Hall–Kier alpha value is -1.81. The number of carbonyl (C=O) groups is 1. The normalized spacial score (nSPS) is 13.6. The van der Waals surface area contributed by atoms with Gasteiger partial charge in [0.1, 0.15) is 0 Å². The van der Waals surface area contributed by atoms with Crippen LogP contribution in [0.15, 0.2) is 35.7 Å². The average Bonchev–Trinajstić information content (AvgIpc) is 3.05. The Morgan fingerprint density at radius 3 is 3.00 bits per heavy atom. The number of benzene rings is 1. The zero-order valence-corrected chi connectivity index (χ0v) is 11.3. The minimum atomic E-state index is -0.854. The summed E-state index contributed by atoms with van der Waals surface area (Å²) in [5.41, 5.74) is 2.73. The third kappa shape index (κ3) is 2.49. The van der Waals surface area contributed by atoms with Crippen LogP contribution >= 0.6 is 11.3 Å². The second kappa shape index (κ2) is 5.05. The average molecular weight is 273 g/mol. The van der Waals surface area contributed by atoms with Crippen LogP contribution in [0.25, 0.3) is 0 Å². The first-order valence-corrected chi connectivity index (χ1v) is 7.25. The summed E-state index contributed by atoms with van der Waals surface area (Å²) in [6, 6.07) is 9.67. The molecule has 0 saturated heterocycles. The predicted molar refractivity (Wildman–Crippen MR) is 77.3 cm³/mol. The molecule has 1 aliphatic rings. The van der Waals surface area contributed by atoms with Crippen molar-refractivity contribution in [3.63, 3.8) is 0 Å². The Bertz CT molecular complexity index is 592. The number of hydrogen-bond acceptors (Lipinski definition) is 3. The maximum absolute atomic E-state index is 11.0. The number of nitrogens with zero attached hydrogens (tertiary/aromatic N) is 1. The van der Waals surface area contributed by atoms with Crippen molar-refractivity contribution in [3.05, 3.63) is 51.7 Å². The van der Waals surface area contributed by atoms with Gasteiger partial charge in [0.05, 0.1) is 5.56 Å². The first kappa shape index (κ1) is 12.2. The maximum atomic E-state index is 11.0. The van der Waals surface area contributed by atoms with Crippen molar-refractivity contribution in [3.8, 4) is 0 Å². The summed E-state index contributed by atoms with van der Waals surface area (Å²) in [5.74, 6) is -0.854. The Balaban J connectivity index is 1.76. The summed E-state index contributed by atoms with van der Waals surface area (Å²) in [7, 11) is 0. The van der Waals surface area contributed by atoms with Gasteiger partial charge in [0, 0.05) is 23.7 Å². The number of fused-ring (bicyclic) bond motifs is 1. The molecule has 2 heterocycles. The van der Waals surface area contributed by atoms with Gasteiger partial charge in [-0.2, -0.15) is 0 Å². The number of aromatic carboxylic acids is 1. The molecule has 1 aromatic heterocycles. The fourth-order valence-electron chi connectivity index (χ4n) is 2.51. The number of thiophene rings is 1. The van der Waals surface area contributed by atoms with Gasteiger partial charge in [-0.15, -0.1) is 11.3 Å². The van der Waals surface area contributed by atoms with Crippen LogP contribution in [0.1, 0.15) is 20.8 Å². The molecule has 1 aromatic carbocycles. The van der Waals surface area contributed by atoms with Crippen LogP contribution in [0.3, 0.4) is 0 Å². The van der Waals surface area contributed by atoms with Crippen molar-refractivity contribution >= 4 is 23.0 Å². The highest BCUT2D eigenvalue weighted by Gasteiger charge is 2.20. The molecule has 0 saturated carbocycles. The monoisotopic (exact) mass is 273 g/mol. The van der Waals surface area contributed by atoms with Crippen LogP contribution < -0.4 is 4.90 Å². The molecule has 0 atom stereocenters. The van der Waals surface area contributed by atoms with E-state index in [9.17, 15) is 4.79 Å². The largest absolute Gasteiger partial charge is 0.478 e. The first-order chi connectivity index (χ1) is 9.24. The minimum absolute atomic E-state index is 0.377. The molecule has 0 spiro atoms. The smallest absolute Gasteiger partial charge is 0.335 e. The van der Waals surface area contributed by atoms with Crippen molar-refractivity contribution in [1.82, 2.24) is 0 Å². The van der Waals surface area contributed by atoms with Crippen molar-refractivity contribution in [1.29, 1.82) is 0 Å². The topological polar surface area (TPSA) is 40.5 Å². The van der Waals surface area contributed by atoms with Crippen molar-refractivity contribution in [2.75, 3.05) is 18.0 Å². The summed E-state index contributed by atoms with van der Waals surface area (Å²) in [4.78, 5) is 14.7. The Morgan fingerprint density at radius 2 is 2.26 bits per heavy atom. The quantitative estimate of drug-likeness (QED) is 0.930. The number of carboxylic acids is 1. The zero-order valence-electron chi connectivity index (χ0n) is 10.5. The summed E-state index contributed by atoms with van der Waals surface area (Å²) in [6.45, 7) is 1.94. The van der Waals surface area contributed by atoms with E-state index in [1.165, 1.54) is 10.4 Å². The van der Waals surface area contributed by atoms with Crippen LogP contribution in [0.5, 0.6) is 0 Å². The fourth-order valence-corrected chi connectivity index (χ4v) is 3.21. The van der Waals surface area contributed by atoms with Gasteiger partial charge in [-0.1, -0.05) is 12.1 Å². The van der Waals surface area contributed by atoms with Gasteiger partial charge in [-0.3, -0.25) is 0 Å². The van der Waals surface area contributed by atoms with Gasteiger partial charge in [0.2, 0.25) is 0 Å². The van der Waals surface area contributed by atoms with Crippen LogP contribution in [0, 0.1) is 0 Å². The first-order valence-electron chi connectivity index (χ1n) is 6.37. The van der Waals surface area contributed by atoms with E-state index in [0.29, 0.717) is 5.56 Å². The second-order valence-electron chi connectivity index (χ2n) is 4.72. The molecule has 0 bridgehead atoms.